The van der Waals surface area contributed by atoms with Crippen molar-refractivity contribution in [2.75, 3.05) is 18.0 Å². The quantitative estimate of drug-likeness (QED) is 0.729. The highest BCUT2D eigenvalue weighted by Gasteiger charge is 2.38. The number of nitrogens with zero attached hydrogens (tertiary/aromatic N) is 3. The Labute approximate surface area is 93.2 Å². The molecule has 0 aromatic carbocycles. The van der Waals surface area contributed by atoms with E-state index in [1.165, 1.54) is 18.3 Å². The molecule has 0 saturated carbocycles. The molecule has 0 unspecified atom stereocenters. The summed E-state index contributed by atoms with van der Waals surface area (Å²) in [7, 11) is 0. The van der Waals surface area contributed by atoms with Gasteiger partial charge in [-0.15, -0.1) is 0 Å². The molecule has 5 heteroatoms. The van der Waals surface area contributed by atoms with E-state index in [2.05, 4.69) is 9.83 Å². The number of aromatic nitrogens is 1. The van der Waals surface area contributed by atoms with E-state index in [9.17, 15) is 9.50 Å². The summed E-state index contributed by atoms with van der Waals surface area (Å²) in [6.45, 7) is 7.78. The number of aliphatic hydroxyl groups is 1. The predicted molar refractivity (Wildman–Crippen MR) is 57.2 cm³/mol. The van der Waals surface area contributed by atoms with Gasteiger partial charge in [-0.1, -0.05) is 0 Å². The van der Waals surface area contributed by atoms with Crippen LogP contribution in [0, 0.1) is 12.4 Å². The van der Waals surface area contributed by atoms with Crippen LogP contribution in [-0.2, 0) is 0 Å². The van der Waals surface area contributed by atoms with Crippen molar-refractivity contribution in [3.63, 3.8) is 0 Å². The van der Waals surface area contributed by atoms with Crippen molar-refractivity contribution in [3.05, 3.63) is 35.6 Å². The SMILES string of the molecule is [C-]#[N+]C1(O)CCN(c2ncccc2F)CC1. The van der Waals surface area contributed by atoms with Crippen LogP contribution in [0.5, 0.6) is 0 Å². The van der Waals surface area contributed by atoms with Crippen molar-refractivity contribution in [2.45, 2.75) is 18.6 Å². The summed E-state index contributed by atoms with van der Waals surface area (Å²) in [4.78, 5) is 8.92. The van der Waals surface area contributed by atoms with Crippen LogP contribution in [0.4, 0.5) is 10.2 Å². The Hall–Kier alpha value is -1.67. The molecule has 0 radical (unpaired) electrons. The van der Waals surface area contributed by atoms with Gasteiger partial charge in [0, 0.05) is 19.3 Å². The van der Waals surface area contributed by atoms with Crippen LogP contribution in [0.15, 0.2) is 18.3 Å². The second kappa shape index (κ2) is 4.06. The van der Waals surface area contributed by atoms with Gasteiger partial charge in [-0.05, 0) is 12.1 Å². The molecule has 0 spiro atoms. The van der Waals surface area contributed by atoms with E-state index in [-0.39, 0.29) is 5.82 Å². The summed E-state index contributed by atoms with van der Waals surface area (Å²) in [5.74, 6) is -0.0646. The highest BCUT2D eigenvalue weighted by atomic mass is 19.1. The van der Waals surface area contributed by atoms with Crippen molar-refractivity contribution >= 4 is 5.82 Å². The molecule has 2 heterocycles. The van der Waals surface area contributed by atoms with Gasteiger partial charge in [0.1, 0.15) is 0 Å². The Morgan fingerprint density at radius 2 is 2.19 bits per heavy atom. The lowest BCUT2D eigenvalue weighted by atomic mass is 10.0. The average Bonchev–Trinajstić information content (AvgIpc) is 2.31. The van der Waals surface area contributed by atoms with Gasteiger partial charge >= 0.3 is 5.72 Å². The molecule has 84 valence electrons. The summed E-state index contributed by atoms with van der Waals surface area (Å²) >= 11 is 0. The third-order valence-electron chi connectivity index (χ3n) is 2.81. The summed E-state index contributed by atoms with van der Waals surface area (Å²) in [5, 5.41) is 9.72. The topological polar surface area (TPSA) is 40.7 Å². The zero-order chi connectivity index (χ0) is 11.6. The third-order valence-corrected chi connectivity index (χ3v) is 2.81. The molecule has 1 fully saturated rings. The number of hydrogen-bond acceptors (Lipinski definition) is 3. The summed E-state index contributed by atoms with van der Waals surface area (Å²) in [6.07, 6.45) is 2.19. The van der Waals surface area contributed by atoms with Crippen molar-refractivity contribution in [3.8, 4) is 0 Å². The lowest BCUT2D eigenvalue weighted by molar-refractivity contribution is 0.0618. The van der Waals surface area contributed by atoms with Gasteiger partial charge in [0.25, 0.3) is 0 Å². The van der Waals surface area contributed by atoms with Crippen LogP contribution >= 0.6 is 0 Å². The Morgan fingerprint density at radius 1 is 1.50 bits per heavy atom. The molecule has 0 bridgehead atoms. The van der Waals surface area contributed by atoms with E-state index in [1.54, 1.807) is 4.90 Å². The largest absolute Gasteiger partial charge is 0.353 e. The highest BCUT2D eigenvalue weighted by Crippen LogP contribution is 2.27. The first-order chi connectivity index (χ1) is 7.64. The third kappa shape index (κ3) is 1.97. The molecule has 0 aliphatic carbocycles. The van der Waals surface area contributed by atoms with Gasteiger partial charge in [-0.25, -0.2) is 15.9 Å². The molecule has 4 nitrogen and oxygen atoms in total. The lowest BCUT2D eigenvalue weighted by Gasteiger charge is -2.31. The number of piperidine rings is 1. The van der Waals surface area contributed by atoms with Crippen LogP contribution in [0.1, 0.15) is 12.8 Å². The predicted octanol–water partition coefficient (Wildman–Crippen LogP) is 1.43. The fraction of sp³-hybridized carbons (Fsp3) is 0.455. The Balaban J connectivity index is 2.11. The Bertz CT molecular complexity index is 421. The normalized spacial score (nSPS) is 19.2. The maximum atomic E-state index is 13.4. The zero-order valence-corrected chi connectivity index (χ0v) is 8.73. The highest BCUT2D eigenvalue weighted by molar-refractivity contribution is 5.40. The first-order valence-corrected chi connectivity index (χ1v) is 5.11. The van der Waals surface area contributed by atoms with E-state index < -0.39 is 5.72 Å². The van der Waals surface area contributed by atoms with Crippen molar-refractivity contribution < 1.29 is 9.50 Å². The van der Waals surface area contributed by atoms with Crippen molar-refractivity contribution in [1.29, 1.82) is 0 Å². The molecule has 16 heavy (non-hydrogen) atoms. The molecule has 1 aliphatic heterocycles. The number of halogens is 1. The molecule has 0 amide bonds. The molecule has 1 aromatic rings. The zero-order valence-electron chi connectivity index (χ0n) is 8.73. The summed E-state index contributed by atoms with van der Waals surface area (Å²) in [6, 6.07) is 2.90. The molecular formula is C11H12FN3O. The standard InChI is InChI=1S/C11H12FN3O/c1-13-11(16)4-7-15(8-5-11)10-9(12)3-2-6-14-10/h2-3,6,16H,4-5,7-8H2. The van der Waals surface area contributed by atoms with Gasteiger partial charge in [-0.2, -0.15) is 0 Å². The van der Waals surface area contributed by atoms with Gasteiger partial charge in [0.2, 0.25) is 0 Å². The maximum absolute atomic E-state index is 13.4. The van der Waals surface area contributed by atoms with Crippen LogP contribution in [0.25, 0.3) is 4.85 Å². The summed E-state index contributed by atoms with van der Waals surface area (Å²) in [5.41, 5.74) is -1.28. The second-order valence-corrected chi connectivity index (χ2v) is 3.89. The minimum atomic E-state index is -1.28. The monoisotopic (exact) mass is 221 g/mol. The molecule has 1 aromatic heterocycles. The van der Waals surface area contributed by atoms with Crippen LogP contribution in [0.3, 0.4) is 0 Å². The van der Waals surface area contributed by atoms with E-state index >= 15 is 0 Å². The lowest BCUT2D eigenvalue weighted by Crippen LogP contribution is -2.43. The van der Waals surface area contributed by atoms with Crippen LogP contribution < -0.4 is 4.90 Å². The molecule has 2 rings (SSSR count). The number of hydrogen-bond donors (Lipinski definition) is 1. The smallest absolute Gasteiger partial charge is 0.338 e. The molecule has 1 aliphatic rings. The maximum Gasteiger partial charge on any atom is 0.338 e. The average molecular weight is 221 g/mol. The van der Waals surface area contributed by atoms with Crippen molar-refractivity contribution in [2.24, 2.45) is 0 Å². The van der Waals surface area contributed by atoms with Crippen LogP contribution in [-0.4, -0.2) is 28.9 Å². The van der Waals surface area contributed by atoms with Crippen LogP contribution in [0.2, 0.25) is 0 Å². The first-order valence-electron chi connectivity index (χ1n) is 5.11. The second-order valence-electron chi connectivity index (χ2n) is 3.89. The van der Waals surface area contributed by atoms with Gasteiger partial charge in [0.15, 0.2) is 11.6 Å². The van der Waals surface area contributed by atoms with E-state index in [0.29, 0.717) is 31.7 Å². The van der Waals surface area contributed by atoms with Gasteiger partial charge in [-0.3, -0.25) is 4.85 Å². The number of rotatable bonds is 1. The molecule has 1 N–H and O–H groups in total. The Morgan fingerprint density at radius 3 is 2.75 bits per heavy atom. The van der Waals surface area contributed by atoms with Gasteiger partial charge in [0.05, 0.1) is 12.8 Å². The molecule has 0 atom stereocenters. The number of anilines is 1. The molecular weight excluding hydrogens is 209 g/mol. The van der Waals surface area contributed by atoms with E-state index in [1.807, 2.05) is 0 Å². The summed E-state index contributed by atoms with van der Waals surface area (Å²) < 4.78 is 13.4. The van der Waals surface area contributed by atoms with E-state index in [4.69, 9.17) is 6.57 Å². The van der Waals surface area contributed by atoms with E-state index in [0.717, 1.165) is 0 Å². The molecule has 1 saturated heterocycles. The minimum Gasteiger partial charge on any atom is -0.353 e. The fourth-order valence-electron chi connectivity index (χ4n) is 1.80. The fourth-order valence-corrected chi connectivity index (χ4v) is 1.80. The van der Waals surface area contributed by atoms with Gasteiger partial charge < -0.3 is 10.0 Å². The minimum absolute atomic E-state index is 0.300. The van der Waals surface area contributed by atoms with Crippen molar-refractivity contribution in [1.82, 2.24) is 4.98 Å². The number of pyridine rings is 1. The first kappa shape index (κ1) is 10.8. The Kier molecular flexibility index (Phi) is 2.75.